The van der Waals surface area contributed by atoms with Crippen molar-refractivity contribution in [3.05, 3.63) is 24.3 Å². The number of carbonyl (C=O) groups excluding carboxylic acids is 2. The highest BCUT2D eigenvalue weighted by Gasteiger charge is 2.40. The molecule has 1 aromatic carbocycles. The lowest BCUT2D eigenvalue weighted by atomic mass is 9.87. The second kappa shape index (κ2) is 7.00. The van der Waals surface area contributed by atoms with Gasteiger partial charge >= 0.3 is 0 Å². The van der Waals surface area contributed by atoms with Crippen LogP contribution in [0, 0.1) is 0 Å². The molecule has 1 aromatic rings. The Labute approximate surface area is 136 Å². The van der Waals surface area contributed by atoms with Gasteiger partial charge in [-0.25, -0.2) is 0 Å². The second-order valence-electron chi connectivity index (χ2n) is 6.31. The summed E-state index contributed by atoms with van der Waals surface area (Å²) in [6.45, 7) is 0. The SMILES string of the molecule is COc1ccccc1NC(=O)C[C@@H]1[NH2+][C@H]2CCCC[C@H]2NC1=O. The first kappa shape index (κ1) is 15.8. The lowest BCUT2D eigenvalue weighted by Crippen LogP contribution is -3.03. The van der Waals surface area contributed by atoms with Gasteiger partial charge in [-0.1, -0.05) is 18.6 Å². The quantitative estimate of drug-likeness (QED) is 0.751. The number of rotatable bonds is 4. The van der Waals surface area contributed by atoms with Crippen molar-refractivity contribution in [1.29, 1.82) is 0 Å². The average molecular weight is 318 g/mol. The van der Waals surface area contributed by atoms with Gasteiger partial charge in [0.2, 0.25) is 5.91 Å². The fourth-order valence-electron chi connectivity index (χ4n) is 3.55. The highest BCUT2D eigenvalue weighted by Crippen LogP contribution is 2.23. The first-order valence-electron chi connectivity index (χ1n) is 8.25. The average Bonchev–Trinajstić information content (AvgIpc) is 2.56. The normalized spacial score (nSPS) is 26.8. The molecule has 124 valence electrons. The lowest BCUT2D eigenvalue weighted by molar-refractivity contribution is -0.718. The molecule has 2 fully saturated rings. The molecule has 0 aromatic heterocycles. The van der Waals surface area contributed by atoms with E-state index in [9.17, 15) is 9.59 Å². The third-order valence-electron chi connectivity index (χ3n) is 4.75. The van der Waals surface area contributed by atoms with Crippen LogP contribution < -0.4 is 20.7 Å². The van der Waals surface area contributed by atoms with Gasteiger partial charge in [-0.15, -0.1) is 0 Å². The number of amides is 2. The monoisotopic (exact) mass is 318 g/mol. The van der Waals surface area contributed by atoms with Gasteiger partial charge in [-0.05, 0) is 25.0 Å². The first-order chi connectivity index (χ1) is 11.2. The molecule has 6 heteroatoms. The van der Waals surface area contributed by atoms with Crippen LogP contribution in [0.2, 0.25) is 0 Å². The van der Waals surface area contributed by atoms with E-state index in [2.05, 4.69) is 16.0 Å². The van der Waals surface area contributed by atoms with Crippen LogP contribution in [-0.4, -0.2) is 37.0 Å². The van der Waals surface area contributed by atoms with Gasteiger partial charge in [0.05, 0.1) is 25.3 Å². The molecule has 1 saturated carbocycles. The molecule has 1 aliphatic carbocycles. The highest BCUT2D eigenvalue weighted by molar-refractivity contribution is 5.96. The zero-order valence-electron chi connectivity index (χ0n) is 13.4. The number of nitrogens with two attached hydrogens (primary N) is 1. The molecule has 0 unspecified atom stereocenters. The van der Waals surface area contributed by atoms with Gasteiger partial charge < -0.3 is 20.7 Å². The molecule has 2 amide bonds. The molecule has 4 N–H and O–H groups in total. The van der Waals surface area contributed by atoms with E-state index in [-0.39, 0.29) is 30.3 Å². The van der Waals surface area contributed by atoms with Crippen molar-refractivity contribution < 1.29 is 19.6 Å². The van der Waals surface area contributed by atoms with Crippen LogP contribution in [0.3, 0.4) is 0 Å². The van der Waals surface area contributed by atoms with Crippen LogP contribution >= 0.6 is 0 Å². The summed E-state index contributed by atoms with van der Waals surface area (Å²) < 4.78 is 5.23. The first-order valence-corrected chi connectivity index (χ1v) is 8.25. The van der Waals surface area contributed by atoms with Crippen molar-refractivity contribution in [1.82, 2.24) is 5.32 Å². The van der Waals surface area contributed by atoms with Gasteiger partial charge in [0.25, 0.3) is 5.91 Å². The number of piperazine rings is 1. The van der Waals surface area contributed by atoms with Crippen LogP contribution in [0.15, 0.2) is 24.3 Å². The highest BCUT2D eigenvalue weighted by atomic mass is 16.5. The number of fused-ring (bicyclic) bond motifs is 1. The summed E-state index contributed by atoms with van der Waals surface area (Å²) in [7, 11) is 1.57. The molecule has 2 aliphatic rings. The molecule has 23 heavy (non-hydrogen) atoms. The third-order valence-corrected chi connectivity index (χ3v) is 4.75. The maximum Gasteiger partial charge on any atom is 0.279 e. The van der Waals surface area contributed by atoms with E-state index in [0.29, 0.717) is 17.5 Å². The summed E-state index contributed by atoms with van der Waals surface area (Å²) in [6.07, 6.45) is 4.71. The molecule has 3 atom stereocenters. The Balaban J connectivity index is 1.60. The number of nitrogens with one attached hydrogen (secondary N) is 2. The maximum absolute atomic E-state index is 12.3. The van der Waals surface area contributed by atoms with Gasteiger partial charge in [0, 0.05) is 6.42 Å². The Morgan fingerprint density at radius 3 is 2.96 bits per heavy atom. The van der Waals surface area contributed by atoms with Crippen LogP contribution in [0.1, 0.15) is 32.1 Å². The number of anilines is 1. The summed E-state index contributed by atoms with van der Waals surface area (Å²) in [6, 6.07) is 7.60. The van der Waals surface area contributed by atoms with Crippen molar-refractivity contribution in [3.8, 4) is 5.75 Å². The molecule has 6 nitrogen and oxygen atoms in total. The number of quaternary nitrogens is 1. The fraction of sp³-hybridized carbons (Fsp3) is 0.529. The van der Waals surface area contributed by atoms with Crippen molar-refractivity contribution in [2.75, 3.05) is 12.4 Å². The van der Waals surface area contributed by atoms with Crippen LogP contribution in [0.5, 0.6) is 5.75 Å². The van der Waals surface area contributed by atoms with E-state index in [0.717, 1.165) is 12.8 Å². The van der Waals surface area contributed by atoms with Gasteiger partial charge in [-0.2, -0.15) is 0 Å². The standard InChI is InChI=1S/C17H23N3O3/c1-23-15-9-5-4-8-13(15)19-16(21)10-14-17(22)20-12-7-3-2-6-11(12)18-14/h4-5,8-9,11-12,14,18H,2-3,6-7,10H2,1H3,(H,19,21)(H,20,22)/p+1/t11-,12+,14-/m0/s1. The third kappa shape index (κ3) is 3.64. The largest absolute Gasteiger partial charge is 0.495 e. The number of benzene rings is 1. The van der Waals surface area contributed by atoms with Gasteiger partial charge in [0.15, 0.2) is 6.04 Å². The predicted octanol–water partition coefficient (Wildman–Crippen LogP) is 0.397. The predicted molar refractivity (Wildman–Crippen MR) is 86.1 cm³/mol. The summed E-state index contributed by atoms with van der Waals surface area (Å²) in [5.74, 6) is 0.425. The summed E-state index contributed by atoms with van der Waals surface area (Å²) >= 11 is 0. The number of ether oxygens (including phenoxy) is 1. The van der Waals surface area contributed by atoms with Gasteiger partial charge in [-0.3, -0.25) is 9.59 Å². The Bertz CT molecular complexity index is 590. The second-order valence-corrected chi connectivity index (χ2v) is 6.31. The topological polar surface area (TPSA) is 84.0 Å². The molecular formula is C17H24N3O3+. The summed E-state index contributed by atoms with van der Waals surface area (Å²) in [5.41, 5.74) is 0.631. The zero-order chi connectivity index (χ0) is 16.2. The summed E-state index contributed by atoms with van der Waals surface area (Å²) in [5, 5.41) is 8.01. The molecule has 1 aliphatic heterocycles. The van der Waals surface area contributed by atoms with E-state index in [1.54, 1.807) is 19.2 Å². The number of para-hydroxylation sites is 2. The smallest absolute Gasteiger partial charge is 0.279 e. The Hall–Kier alpha value is -2.08. The van der Waals surface area contributed by atoms with Gasteiger partial charge in [0.1, 0.15) is 11.8 Å². The molecule has 3 rings (SSSR count). The molecule has 1 saturated heterocycles. The van der Waals surface area contributed by atoms with Crippen LogP contribution in [0.4, 0.5) is 5.69 Å². The van der Waals surface area contributed by atoms with Crippen LogP contribution in [-0.2, 0) is 9.59 Å². The van der Waals surface area contributed by atoms with Crippen molar-refractivity contribution in [2.24, 2.45) is 0 Å². The zero-order valence-corrected chi connectivity index (χ0v) is 13.4. The minimum atomic E-state index is -0.343. The van der Waals surface area contributed by atoms with E-state index in [1.807, 2.05) is 12.1 Å². The number of carbonyl (C=O) groups is 2. The van der Waals surface area contributed by atoms with Crippen molar-refractivity contribution in [3.63, 3.8) is 0 Å². The minimum Gasteiger partial charge on any atom is -0.495 e. The fourth-order valence-corrected chi connectivity index (χ4v) is 3.55. The number of hydrogen-bond acceptors (Lipinski definition) is 3. The molecule has 0 bridgehead atoms. The molecular weight excluding hydrogens is 294 g/mol. The number of methoxy groups -OCH3 is 1. The van der Waals surface area contributed by atoms with Crippen LogP contribution in [0.25, 0.3) is 0 Å². The Morgan fingerprint density at radius 2 is 2.13 bits per heavy atom. The Morgan fingerprint density at radius 1 is 1.35 bits per heavy atom. The minimum absolute atomic E-state index is 0.0247. The number of hydrogen-bond donors (Lipinski definition) is 3. The van der Waals surface area contributed by atoms with E-state index in [1.165, 1.54) is 12.8 Å². The van der Waals surface area contributed by atoms with E-state index < -0.39 is 0 Å². The Kier molecular flexibility index (Phi) is 4.81. The maximum atomic E-state index is 12.3. The molecule has 0 spiro atoms. The van der Waals surface area contributed by atoms with E-state index >= 15 is 0 Å². The summed E-state index contributed by atoms with van der Waals surface area (Å²) in [4.78, 5) is 24.5. The molecule has 1 heterocycles. The van der Waals surface area contributed by atoms with E-state index in [4.69, 9.17) is 4.74 Å². The van der Waals surface area contributed by atoms with Crippen molar-refractivity contribution >= 4 is 17.5 Å². The lowest BCUT2D eigenvalue weighted by Gasteiger charge is -2.37. The van der Waals surface area contributed by atoms with Crippen molar-refractivity contribution in [2.45, 2.75) is 50.2 Å². The molecule has 0 radical (unpaired) electrons.